The van der Waals surface area contributed by atoms with Gasteiger partial charge in [-0.2, -0.15) is 0 Å². The molecule has 1 N–H and O–H groups in total. The van der Waals surface area contributed by atoms with Crippen LogP contribution in [0.5, 0.6) is 5.75 Å². The first kappa shape index (κ1) is 13.0. The van der Waals surface area contributed by atoms with E-state index in [4.69, 9.17) is 9.84 Å². The van der Waals surface area contributed by atoms with Gasteiger partial charge in [0.05, 0.1) is 24.9 Å². The van der Waals surface area contributed by atoms with Gasteiger partial charge < -0.3 is 9.84 Å². The lowest BCUT2D eigenvalue weighted by Gasteiger charge is -2.11. The van der Waals surface area contributed by atoms with Gasteiger partial charge in [-0.25, -0.2) is 0 Å². The molecule has 1 aromatic carbocycles. The van der Waals surface area contributed by atoms with Gasteiger partial charge in [-0.05, 0) is 19.1 Å². The highest BCUT2D eigenvalue weighted by molar-refractivity contribution is 5.76. The third-order valence-corrected chi connectivity index (χ3v) is 2.70. The van der Waals surface area contributed by atoms with E-state index in [1.54, 1.807) is 13.3 Å². The highest BCUT2D eigenvalue weighted by Gasteiger charge is 2.15. The molecule has 0 saturated carbocycles. The summed E-state index contributed by atoms with van der Waals surface area (Å²) in [5.74, 6) is -0.286. The summed E-state index contributed by atoms with van der Waals surface area (Å²) in [4.78, 5) is 19.2. The number of hydrogen-bond acceptors (Lipinski definition) is 4. The van der Waals surface area contributed by atoms with Crippen LogP contribution < -0.4 is 4.74 Å². The predicted molar refractivity (Wildman–Crippen MR) is 70.1 cm³/mol. The molecule has 1 aromatic heterocycles. The van der Waals surface area contributed by atoms with E-state index >= 15 is 0 Å². The van der Waals surface area contributed by atoms with Gasteiger partial charge in [-0.3, -0.25) is 14.8 Å². The topological polar surface area (TPSA) is 72.3 Å². The molecule has 1 heterocycles. The second-order valence-electron chi connectivity index (χ2n) is 4.13. The van der Waals surface area contributed by atoms with Crippen LogP contribution in [-0.2, 0) is 11.2 Å². The lowest BCUT2D eigenvalue weighted by Crippen LogP contribution is -2.06. The maximum atomic E-state index is 10.9. The molecule has 0 bridgehead atoms. The number of carboxylic acids is 1. The molecule has 19 heavy (non-hydrogen) atoms. The van der Waals surface area contributed by atoms with Crippen molar-refractivity contribution in [3.8, 4) is 17.0 Å². The van der Waals surface area contributed by atoms with Crippen LogP contribution >= 0.6 is 0 Å². The fraction of sp³-hybridized carbons (Fsp3) is 0.214. The van der Waals surface area contributed by atoms with Crippen molar-refractivity contribution in [1.29, 1.82) is 0 Å². The van der Waals surface area contributed by atoms with Crippen LogP contribution in [0.1, 0.15) is 11.3 Å². The number of aryl methyl sites for hydroxylation is 1. The number of carboxylic acid groups (broad SMARTS) is 1. The van der Waals surface area contributed by atoms with Crippen LogP contribution in [0.4, 0.5) is 0 Å². The van der Waals surface area contributed by atoms with E-state index in [1.165, 1.54) is 6.20 Å². The predicted octanol–water partition coefficient (Wildman–Crippen LogP) is 2.09. The molecule has 0 aliphatic carbocycles. The third-order valence-electron chi connectivity index (χ3n) is 2.70. The fourth-order valence-electron chi connectivity index (χ4n) is 1.87. The van der Waals surface area contributed by atoms with E-state index in [1.807, 2.05) is 25.1 Å². The zero-order valence-corrected chi connectivity index (χ0v) is 10.8. The summed E-state index contributed by atoms with van der Waals surface area (Å²) in [7, 11) is 1.57. The van der Waals surface area contributed by atoms with Gasteiger partial charge in [0.15, 0.2) is 0 Å². The Labute approximate surface area is 110 Å². The number of aliphatic carboxylic acids is 1. The fourth-order valence-corrected chi connectivity index (χ4v) is 1.87. The van der Waals surface area contributed by atoms with Gasteiger partial charge in [0, 0.05) is 18.0 Å². The van der Waals surface area contributed by atoms with E-state index in [0.29, 0.717) is 17.1 Å². The van der Waals surface area contributed by atoms with Crippen molar-refractivity contribution in [2.75, 3.05) is 7.11 Å². The van der Waals surface area contributed by atoms with Crippen molar-refractivity contribution < 1.29 is 14.6 Å². The summed E-state index contributed by atoms with van der Waals surface area (Å²) in [6, 6.07) is 5.67. The lowest BCUT2D eigenvalue weighted by atomic mass is 10.0. The number of ether oxygens (including phenoxy) is 1. The zero-order chi connectivity index (χ0) is 13.8. The number of nitrogens with zero attached hydrogens (tertiary/aromatic N) is 2. The summed E-state index contributed by atoms with van der Waals surface area (Å²) < 4.78 is 5.30. The molecule has 5 nitrogen and oxygen atoms in total. The molecule has 2 rings (SSSR count). The van der Waals surface area contributed by atoms with Crippen LogP contribution in [0, 0.1) is 6.92 Å². The SMILES string of the molecule is COc1ccc(C)cc1-c1nccnc1CC(=O)O. The number of aromatic nitrogens is 2. The minimum absolute atomic E-state index is 0.166. The maximum Gasteiger partial charge on any atom is 0.309 e. The molecule has 0 saturated heterocycles. The molecular formula is C14H14N2O3. The number of benzene rings is 1. The van der Waals surface area contributed by atoms with Crippen LogP contribution in [0.3, 0.4) is 0 Å². The van der Waals surface area contributed by atoms with Crippen LogP contribution in [0.25, 0.3) is 11.3 Å². The van der Waals surface area contributed by atoms with Crippen molar-refractivity contribution in [2.45, 2.75) is 13.3 Å². The normalized spacial score (nSPS) is 10.2. The average molecular weight is 258 g/mol. The summed E-state index contributed by atoms with van der Waals surface area (Å²) in [6.45, 7) is 1.95. The van der Waals surface area contributed by atoms with Gasteiger partial charge in [-0.1, -0.05) is 11.6 Å². The molecule has 0 fully saturated rings. The Kier molecular flexibility index (Phi) is 3.75. The Morgan fingerprint density at radius 1 is 1.32 bits per heavy atom. The lowest BCUT2D eigenvalue weighted by molar-refractivity contribution is -0.136. The number of methoxy groups -OCH3 is 1. The maximum absolute atomic E-state index is 10.9. The van der Waals surface area contributed by atoms with E-state index in [2.05, 4.69) is 9.97 Å². The summed E-state index contributed by atoms with van der Waals surface area (Å²) >= 11 is 0. The molecule has 0 amide bonds. The van der Waals surface area contributed by atoms with E-state index in [-0.39, 0.29) is 6.42 Å². The highest BCUT2D eigenvalue weighted by atomic mass is 16.5. The minimum Gasteiger partial charge on any atom is -0.496 e. The number of rotatable bonds is 4. The van der Waals surface area contributed by atoms with Crippen LogP contribution in [0.2, 0.25) is 0 Å². The monoisotopic (exact) mass is 258 g/mol. The molecule has 0 atom stereocenters. The Morgan fingerprint density at radius 2 is 2.05 bits per heavy atom. The van der Waals surface area contributed by atoms with Gasteiger partial charge in [0.1, 0.15) is 5.75 Å². The van der Waals surface area contributed by atoms with Gasteiger partial charge in [-0.15, -0.1) is 0 Å². The largest absolute Gasteiger partial charge is 0.496 e. The Balaban J connectivity index is 2.58. The summed E-state index contributed by atoms with van der Waals surface area (Å²) in [5.41, 5.74) is 2.78. The standard InChI is InChI=1S/C14H14N2O3/c1-9-3-4-12(19-2)10(7-9)14-11(8-13(17)18)15-5-6-16-14/h3-7H,8H2,1-2H3,(H,17,18). The molecule has 0 radical (unpaired) electrons. The van der Waals surface area contributed by atoms with Crippen molar-refractivity contribution in [3.05, 3.63) is 41.9 Å². The molecular weight excluding hydrogens is 244 g/mol. The molecule has 0 spiro atoms. The number of carbonyl (C=O) groups is 1. The van der Waals surface area contributed by atoms with Crippen LogP contribution in [-0.4, -0.2) is 28.2 Å². The second-order valence-corrected chi connectivity index (χ2v) is 4.13. The number of hydrogen-bond donors (Lipinski definition) is 1. The third kappa shape index (κ3) is 2.88. The Hall–Kier alpha value is -2.43. The Bertz CT molecular complexity index is 611. The van der Waals surface area contributed by atoms with Gasteiger partial charge in [0.25, 0.3) is 0 Å². The minimum atomic E-state index is -0.937. The second kappa shape index (κ2) is 5.48. The molecule has 98 valence electrons. The van der Waals surface area contributed by atoms with E-state index in [9.17, 15) is 4.79 Å². The highest BCUT2D eigenvalue weighted by Crippen LogP contribution is 2.31. The molecule has 0 aliphatic rings. The van der Waals surface area contributed by atoms with Crippen molar-refractivity contribution in [3.63, 3.8) is 0 Å². The zero-order valence-electron chi connectivity index (χ0n) is 10.8. The van der Waals surface area contributed by atoms with Crippen LogP contribution in [0.15, 0.2) is 30.6 Å². The van der Waals surface area contributed by atoms with E-state index in [0.717, 1.165) is 11.1 Å². The summed E-state index contributed by atoms with van der Waals surface area (Å²) in [5, 5.41) is 8.92. The van der Waals surface area contributed by atoms with Crippen molar-refractivity contribution in [1.82, 2.24) is 9.97 Å². The van der Waals surface area contributed by atoms with Crippen molar-refractivity contribution >= 4 is 5.97 Å². The smallest absolute Gasteiger partial charge is 0.309 e. The van der Waals surface area contributed by atoms with Gasteiger partial charge in [0.2, 0.25) is 0 Å². The molecule has 0 aliphatic heterocycles. The van der Waals surface area contributed by atoms with Crippen molar-refractivity contribution in [2.24, 2.45) is 0 Å². The molecule has 2 aromatic rings. The Morgan fingerprint density at radius 3 is 2.74 bits per heavy atom. The quantitative estimate of drug-likeness (QED) is 0.909. The van der Waals surface area contributed by atoms with Gasteiger partial charge >= 0.3 is 5.97 Å². The molecule has 5 heteroatoms. The first-order valence-electron chi connectivity index (χ1n) is 5.78. The average Bonchev–Trinajstić information content (AvgIpc) is 2.38. The first-order valence-corrected chi connectivity index (χ1v) is 5.78. The van der Waals surface area contributed by atoms with E-state index < -0.39 is 5.97 Å². The first-order chi connectivity index (χ1) is 9.11. The summed E-state index contributed by atoms with van der Waals surface area (Å²) in [6.07, 6.45) is 2.87. The molecule has 0 unspecified atom stereocenters.